The number of nitrogens with zero attached hydrogens (tertiary/aromatic N) is 4. The van der Waals surface area contributed by atoms with E-state index in [1.807, 2.05) is 0 Å². The van der Waals surface area contributed by atoms with Gasteiger partial charge in [-0.2, -0.15) is 10.2 Å². The first-order valence-corrected chi connectivity index (χ1v) is 7.96. The predicted octanol–water partition coefficient (Wildman–Crippen LogP) is -0.296. The van der Waals surface area contributed by atoms with Gasteiger partial charge in [0.2, 0.25) is 10.0 Å². The third kappa shape index (κ3) is 3.31. The van der Waals surface area contributed by atoms with E-state index in [4.69, 9.17) is 5.11 Å². The van der Waals surface area contributed by atoms with E-state index in [0.29, 0.717) is 17.1 Å². The maximum Gasteiger partial charge on any atom is 0.244 e. The van der Waals surface area contributed by atoms with Crippen LogP contribution in [0.15, 0.2) is 17.2 Å². The summed E-state index contributed by atoms with van der Waals surface area (Å²) in [6.45, 7) is 3.60. The van der Waals surface area contributed by atoms with Crippen molar-refractivity contribution in [2.24, 2.45) is 7.05 Å². The second-order valence-electron chi connectivity index (χ2n) is 4.75. The Kier molecular flexibility index (Phi) is 4.45. The second kappa shape index (κ2) is 5.96. The van der Waals surface area contributed by atoms with Crippen molar-refractivity contribution in [1.29, 1.82) is 0 Å². The maximum atomic E-state index is 12.4. The highest BCUT2D eigenvalue weighted by Crippen LogP contribution is 2.19. The molecule has 0 fully saturated rings. The molecule has 2 rings (SSSR count). The minimum atomic E-state index is -3.67. The molecule has 0 aromatic carbocycles. The molecular formula is C12H19N5O3S. The van der Waals surface area contributed by atoms with Crippen LogP contribution >= 0.6 is 0 Å². The number of hydrogen-bond acceptors (Lipinski definition) is 5. The number of hydrogen-bond donors (Lipinski definition) is 2. The Morgan fingerprint density at radius 3 is 2.62 bits per heavy atom. The van der Waals surface area contributed by atoms with E-state index in [-0.39, 0.29) is 24.6 Å². The first kappa shape index (κ1) is 15.7. The molecule has 0 aliphatic carbocycles. The standard InChI is InChI=1S/C12H19N5O3S/c1-9-12(10(2)17(14-9)6-7-18)21(19,20)13-8-11-4-5-16(3)15-11/h4-5,13,18H,6-8H2,1-3H3. The van der Waals surface area contributed by atoms with Crippen molar-refractivity contribution in [2.45, 2.75) is 31.8 Å². The molecule has 2 N–H and O–H groups in total. The minimum Gasteiger partial charge on any atom is -0.394 e. The van der Waals surface area contributed by atoms with E-state index < -0.39 is 10.0 Å². The van der Waals surface area contributed by atoms with Crippen molar-refractivity contribution in [1.82, 2.24) is 24.3 Å². The molecule has 0 spiro atoms. The van der Waals surface area contributed by atoms with Gasteiger partial charge in [-0.25, -0.2) is 13.1 Å². The van der Waals surface area contributed by atoms with Crippen LogP contribution in [0.3, 0.4) is 0 Å². The average Bonchev–Trinajstić information content (AvgIpc) is 2.93. The molecule has 0 atom stereocenters. The topological polar surface area (TPSA) is 102 Å². The Bertz CT molecular complexity index is 732. The summed E-state index contributed by atoms with van der Waals surface area (Å²) in [6.07, 6.45) is 1.75. The number of aliphatic hydroxyl groups excluding tert-OH is 1. The van der Waals surface area contributed by atoms with Crippen LogP contribution in [0.1, 0.15) is 17.1 Å². The van der Waals surface area contributed by atoms with E-state index in [2.05, 4.69) is 14.9 Å². The summed E-state index contributed by atoms with van der Waals surface area (Å²) in [5.74, 6) is 0. The van der Waals surface area contributed by atoms with E-state index in [1.165, 1.54) is 4.68 Å². The molecule has 8 nitrogen and oxygen atoms in total. The van der Waals surface area contributed by atoms with Gasteiger partial charge in [-0.1, -0.05) is 0 Å². The van der Waals surface area contributed by atoms with Gasteiger partial charge >= 0.3 is 0 Å². The number of rotatable bonds is 6. The lowest BCUT2D eigenvalue weighted by atomic mass is 10.4. The molecule has 21 heavy (non-hydrogen) atoms. The largest absolute Gasteiger partial charge is 0.394 e. The summed E-state index contributed by atoms with van der Waals surface area (Å²) in [5, 5.41) is 17.2. The average molecular weight is 313 g/mol. The monoisotopic (exact) mass is 313 g/mol. The highest BCUT2D eigenvalue weighted by molar-refractivity contribution is 7.89. The minimum absolute atomic E-state index is 0.0944. The Labute approximate surface area is 123 Å². The summed E-state index contributed by atoms with van der Waals surface area (Å²) in [6, 6.07) is 1.75. The third-order valence-corrected chi connectivity index (χ3v) is 4.76. The predicted molar refractivity (Wildman–Crippen MR) is 76.0 cm³/mol. The highest BCUT2D eigenvalue weighted by Gasteiger charge is 2.24. The van der Waals surface area contributed by atoms with Gasteiger partial charge in [0.15, 0.2) is 0 Å². The second-order valence-corrected chi connectivity index (χ2v) is 6.46. The fraction of sp³-hybridized carbons (Fsp3) is 0.500. The summed E-state index contributed by atoms with van der Waals surface area (Å²) in [7, 11) is -1.90. The Morgan fingerprint density at radius 2 is 2.05 bits per heavy atom. The highest BCUT2D eigenvalue weighted by atomic mass is 32.2. The van der Waals surface area contributed by atoms with Crippen molar-refractivity contribution in [3.8, 4) is 0 Å². The molecule has 0 radical (unpaired) electrons. The maximum absolute atomic E-state index is 12.4. The molecule has 0 aliphatic heterocycles. The Hall–Kier alpha value is -1.71. The zero-order valence-corrected chi connectivity index (χ0v) is 13.1. The fourth-order valence-corrected chi connectivity index (χ4v) is 3.59. The zero-order valence-electron chi connectivity index (χ0n) is 12.2. The molecule has 0 aliphatic rings. The molecule has 0 saturated heterocycles. The van der Waals surface area contributed by atoms with Gasteiger partial charge in [0.25, 0.3) is 0 Å². The molecule has 0 amide bonds. The van der Waals surface area contributed by atoms with Crippen LogP contribution < -0.4 is 4.72 Å². The first-order valence-electron chi connectivity index (χ1n) is 6.48. The lowest BCUT2D eigenvalue weighted by Gasteiger charge is -2.06. The van der Waals surface area contributed by atoms with Gasteiger partial charge < -0.3 is 5.11 Å². The van der Waals surface area contributed by atoms with Crippen LogP contribution in [-0.2, 0) is 30.2 Å². The van der Waals surface area contributed by atoms with Crippen LogP contribution in [-0.4, -0.2) is 39.7 Å². The summed E-state index contributed by atoms with van der Waals surface area (Å²) in [5.41, 5.74) is 1.56. The molecule has 116 valence electrons. The van der Waals surface area contributed by atoms with Crippen molar-refractivity contribution in [3.05, 3.63) is 29.3 Å². The van der Waals surface area contributed by atoms with Gasteiger partial charge in [-0.15, -0.1) is 0 Å². The molecule has 0 unspecified atom stereocenters. The van der Waals surface area contributed by atoms with Gasteiger partial charge in [0.1, 0.15) is 4.90 Å². The lowest BCUT2D eigenvalue weighted by molar-refractivity contribution is 0.267. The zero-order chi connectivity index (χ0) is 15.6. The van der Waals surface area contributed by atoms with Gasteiger partial charge in [-0.05, 0) is 19.9 Å². The smallest absolute Gasteiger partial charge is 0.244 e. The quantitative estimate of drug-likeness (QED) is 0.762. The summed E-state index contributed by atoms with van der Waals surface area (Å²) < 4.78 is 30.4. The molecule has 0 bridgehead atoms. The van der Waals surface area contributed by atoms with Crippen molar-refractivity contribution >= 4 is 10.0 Å². The van der Waals surface area contributed by atoms with Crippen LogP contribution in [0.4, 0.5) is 0 Å². The van der Waals surface area contributed by atoms with Crippen LogP contribution in [0.2, 0.25) is 0 Å². The van der Waals surface area contributed by atoms with Gasteiger partial charge in [0, 0.05) is 13.2 Å². The fourth-order valence-electron chi connectivity index (χ4n) is 2.18. The van der Waals surface area contributed by atoms with Crippen LogP contribution in [0.25, 0.3) is 0 Å². The third-order valence-electron chi connectivity index (χ3n) is 3.11. The Morgan fingerprint density at radius 1 is 1.33 bits per heavy atom. The number of nitrogens with one attached hydrogen (secondary N) is 1. The molecular weight excluding hydrogens is 294 g/mol. The van der Waals surface area contributed by atoms with Gasteiger partial charge in [0.05, 0.1) is 36.8 Å². The molecule has 2 heterocycles. The SMILES string of the molecule is Cc1nn(CCO)c(C)c1S(=O)(=O)NCc1ccn(C)n1. The normalized spacial score (nSPS) is 12.0. The number of aliphatic hydroxyl groups is 1. The lowest BCUT2D eigenvalue weighted by Crippen LogP contribution is -2.24. The van der Waals surface area contributed by atoms with E-state index in [1.54, 1.807) is 37.8 Å². The van der Waals surface area contributed by atoms with Crippen LogP contribution in [0, 0.1) is 13.8 Å². The number of sulfonamides is 1. The van der Waals surface area contributed by atoms with Crippen molar-refractivity contribution < 1.29 is 13.5 Å². The summed E-state index contributed by atoms with van der Waals surface area (Å²) in [4.78, 5) is 0.159. The van der Waals surface area contributed by atoms with E-state index >= 15 is 0 Å². The van der Waals surface area contributed by atoms with E-state index in [9.17, 15) is 8.42 Å². The van der Waals surface area contributed by atoms with Gasteiger partial charge in [-0.3, -0.25) is 9.36 Å². The molecule has 2 aromatic rings. The molecule has 0 saturated carbocycles. The van der Waals surface area contributed by atoms with Crippen molar-refractivity contribution in [2.75, 3.05) is 6.61 Å². The Balaban J connectivity index is 2.23. The number of aromatic nitrogens is 4. The van der Waals surface area contributed by atoms with E-state index in [0.717, 1.165) is 0 Å². The molecule has 2 aromatic heterocycles. The summed E-state index contributed by atoms with van der Waals surface area (Å²) >= 11 is 0. The number of aryl methyl sites for hydroxylation is 2. The molecule has 9 heteroatoms. The van der Waals surface area contributed by atoms with Crippen LogP contribution in [0.5, 0.6) is 0 Å². The van der Waals surface area contributed by atoms with Crippen molar-refractivity contribution in [3.63, 3.8) is 0 Å². The first-order chi connectivity index (χ1) is 9.85.